The lowest BCUT2D eigenvalue weighted by Crippen LogP contribution is -2.20. The molecule has 0 aliphatic rings. The second kappa shape index (κ2) is 8.22. The Labute approximate surface area is 163 Å². The van der Waals surface area contributed by atoms with E-state index in [1.807, 2.05) is 36.4 Å². The molecule has 1 N–H and O–H groups in total. The fourth-order valence-corrected chi connectivity index (χ4v) is 3.52. The van der Waals surface area contributed by atoms with Crippen LogP contribution in [-0.2, 0) is 25.1 Å². The van der Waals surface area contributed by atoms with Gasteiger partial charge in [-0.15, -0.1) is 0 Å². The van der Waals surface area contributed by atoms with E-state index in [9.17, 15) is 18.0 Å². The number of anilines is 1. The lowest BCUT2D eigenvalue weighted by Gasteiger charge is -2.08. The minimum atomic E-state index is -3.14. The molecule has 3 rings (SSSR count). The lowest BCUT2D eigenvalue weighted by molar-refractivity contribution is -0.119. The van der Waals surface area contributed by atoms with Crippen LogP contribution in [0.3, 0.4) is 0 Å². The van der Waals surface area contributed by atoms with Gasteiger partial charge in [-0.3, -0.25) is 4.79 Å². The number of carbonyl (C=O) groups is 2. The van der Waals surface area contributed by atoms with E-state index in [1.165, 1.54) is 12.1 Å². The van der Waals surface area contributed by atoms with Crippen LogP contribution in [0.25, 0.3) is 10.8 Å². The number of esters is 1. The summed E-state index contributed by atoms with van der Waals surface area (Å²) in [7, 11) is -3.14. The third kappa shape index (κ3) is 5.40. The van der Waals surface area contributed by atoms with Crippen LogP contribution in [0, 0.1) is 0 Å². The van der Waals surface area contributed by atoms with E-state index < -0.39 is 28.3 Å². The van der Waals surface area contributed by atoms with E-state index in [0.717, 1.165) is 17.0 Å². The first-order chi connectivity index (χ1) is 13.3. The molecule has 28 heavy (non-hydrogen) atoms. The zero-order chi connectivity index (χ0) is 20.1. The molecule has 0 aliphatic heterocycles. The van der Waals surface area contributed by atoms with Crippen molar-refractivity contribution in [2.45, 2.75) is 5.75 Å². The van der Waals surface area contributed by atoms with Gasteiger partial charge in [-0.25, -0.2) is 13.2 Å². The first kappa shape index (κ1) is 19.6. The standard InChI is InChI=1S/C21H19NO5S/c1-28(25,26)14-15-6-8-17(9-7-15)21(24)27-13-20(23)22-19-11-10-16-4-2-3-5-18(16)12-19/h2-12H,13-14H2,1H3,(H,22,23). The van der Waals surface area contributed by atoms with Gasteiger partial charge in [-0.05, 0) is 40.6 Å². The summed E-state index contributed by atoms with van der Waals surface area (Å²) in [5.41, 5.74) is 1.44. The van der Waals surface area contributed by atoms with Gasteiger partial charge in [-0.1, -0.05) is 42.5 Å². The van der Waals surface area contributed by atoms with Crippen molar-refractivity contribution in [2.24, 2.45) is 0 Å². The highest BCUT2D eigenvalue weighted by atomic mass is 32.2. The zero-order valence-electron chi connectivity index (χ0n) is 15.2. The molecule has 0 radical (unpaired) electrons. The van der Waals surface area contributed by atoms with Crippen molar-refractivity contribution in [2.75, 3.05) is 18.2 Å². The summed E-state index contributed by atoms with van der Waals surface area (Å²) in [6.07, 6.45) is 1.14. The number of benzene rings is 3. The zero-order valence-corrected chi connectivity index (χ0v) is 16.0. The molecule has 0 unspecified atom stereocenters. The van der Waals surface area contributed by atoms with Crippen LogP contribution in [-0.4, -0.2) is 33.2 Å². The van der Waals surface area contributed by atoms with Crippen LogP contribution in [0.2, 0.25) is 0 Å². The molecule has 144 valence electrons. The minimum absolute atomic E-state index is 0.101. The van der Waals surface area contributed by atoms with Crippen molar-refractivity contribution in [3.05, 3.63) is 77.9 Å². The van der Waals surface area contributed by atoms with Gasteiger partial charge in [0.2, 0.25) is 0 Å². The van der Waals surface area contributed by atoms with Gasteiger partial charge in [0.1, 0.15) is 0 Å². The largest absolute Gasteiger partial charge is 0.452 e. The van der Waals surface area contributed by atoms with Crippen molar-refractivity contribution in [3.63, 3.8) is 0 Å². The summed E-state index contributed by atoms with van der Waals surface area (Å²) in [5.74, 6) is -1.20. The van der Waals surface area contributed by atoms with Crippen molar-refractivity contribution >= 4 is 38.2 Å². The summed E-state index contributed by atoms with van der Waals surface area (Å²) in [5, 5.41) is 4.75. The van der Waals surface area contributed by atoms with Gasteiger partial charge >= 0.3 is 5.97 Å². The summed E-state index contributed by atoms with van der Waals surface area (Å²) in [6, 6.07) is 19.3. The van der Waals surface area contributed by atoms with Crippen LogP contribution < -0.4 is 5.32 Å². The number of sulfone groups is 1. The highest BCUT2D eigenvalue weighted by molar-refractivity contribution is 7.89. The van der Waals surface area contributed by atoms with Crippen LogP contribution in [0.1, 0.15) is 15.9 Å². The Hall–Kier alpha value is -3.19. The first-order valence-corrected chi connectivity index (χ1v) is 10.6. The quantitative estimate of drug-likeness (QED) is 0.645. The maximum atomic E-state index is 12.1. The van der Waals surface area contributed by atoms with Crippen LogP contribution in [0.5, 0.6) is 0 Å². The first-order valence-electron chi connectivity index (χ1n) is 8.53. The monoisotopic (exact) mass is 397 g/mol. The molecular formula is C21H19NO5S. The number of carbonyl (C=O) groups excluding carboxylic acids is 2. The molecule has 0 saturated carbocycles. The predicted molar refractivity (Wildman–Crippen MR) is 108 cm³/mol. The fourth-order valence-electron chi connectivity index (χ4n) is 2.72. The van der Waals surface area contributed by atoms with Gasteiger partial charge in [0.15, 0.2) is 16.4 Å². The van der Waals surface area contributed by atoms with Crippen molar-refractivity contribution in [1.82, 2.24) is 0 Å². The number of amides is 1. The third-order valence-corrected chi connectivity index (χ3v) is 4.84. The van der Waals surface area contributed by atoms with Gasteiger partial charge in [0, 0.05) is 11.9 Å². The molecule has 1 amide bonds. The van der Waals surface area contributed by atoms with Gasteiger partial charge < -0.3 is 10.1 Å². The molecule has 0 heterocycles. The Balaban J connectivity index is 1.55. The van der Waals surface area contributed by atoms with Gasteiger partial charge in [0.25, 0.3) is 5.91 Å². The second-order valence-corrected chi connectivity index (χ2v) is 8.59. The lowest BCUT2D eigenvalue weighted by atomic mass is 10.1. The van der Waals surface area contributed by atoms with E-state index in [4.69, 9.17) is 4.74 Å². The molecule has 0 atom stereocenters. The summed E-state index contributed by atoms with van der Waals surface area (Å²) in [6.45, 7) is -0.420. The molecule has 0 spiro atoms. The van der Waals surface area contributed by atoms with Crippen molar-refractivity contribution < 1.29 is 22.7 Å². The smallest absolute Gasteiger partial charge is 0.338 e. The third-order valence-electron chi connectivity index (χ3n) is 3.99. The summed E-state index contributed by atoms with van der Waals surface area (Å²) < 4.78 is 27.6. The molecule has 3 aromatic rings. The summed E-state index contributed by atoms with van der Waals surface area (Å²) >= 11 is 0. The number of nitrogens with one attached hydrogen (secondary N) is 1. The van der Waals surface area contributed by atoms with Gasteiger partial charge in [-0.2, -0.15) is 0 Å². The molecule has 0 bridgehead atoms. The molecule has 0 aliphatic carbocycles. The normalized spacial score (nSPS) is 11.2. The number of fused-ring (bicyclic) bond motifs is 1. The van der Waals surface area contributed by atoms with E-state index >= 15 is 0 Å². The topological polar surface area (TPSA) is 89.5 Å². The Morgan fingerprint density at radius 2 is 1.61 bits per heavy atom. The average Bonchev–Trinajstić information content (AvgIpc) is 2.65. The maximum absolute atomic E-state index is 12.1. The maximum Gasteiger partial charge on any atom is 0.338 e. The fraction of sp³-hybridized carbons (Fsp3) is 0.143. The average molecular weight is 397 g/mol. The molecule has 7 heteroatoms. The second-order valence-electron chi connectivity index (χ2n) is 6.45. The SMILES string of the molecule is CS(=O)(=O)Cc1ccc(C(=O)OCC(=O)Nc2ccc3ccccc3c2)cc1. The Morgan fingerprint density at radius 3 is 2.29 bits per heavy atom. The Kier molecular flexibility index (Phi) is 5.75. The van der Waals surface area contributed by atoms with E-state index in [1.54, 1.807) is 18.2 Å². The summed E-state index contributed by atoms with van der Waals surface area (Å²) in [4.78, 5) is 24.1. The van der Waals surface area contributed by atoms with E-state index in [-0.39, 0.29) is 11.3 Å². The molecule has 3 aromatic carbocycles. The van der Waals surface area contributed by atoms with Crippen LogP contribution in [0.4, 0.5) is 5.69 Å². The highest BCUT2D eigenvalue weighted by Crippen LogP contribution is 2.18. The number of rotatable bonds is 6. The minimum Gasteiger partial charge on any atom is -0.452 e. The van der Waals surface area contributed by atoms with Crippen LogP contribution >= 0.6 is 0 Å². The number of hydrogen-bond acceptors (Lipinski definition) is 5. The Morgan fingerprint density at radius 1 is 0.929 bits per heavy atom. The van der Waals surface area contributed by atoms with Crippen molar-refractivity contribution in [3.8, 4) is 0 Å². The molecule has 0 aromatic heterocycles. The number of ether oxygens (including phenoxy) is 1. The van der Waals surface area contributed by atoms with Crippen LogP contribution in [0.15, 0.2) is 66.7 Å². The molecular weight excluding hydrogens is 378 g/mol. The molecule has 0 fully saturated rings. The van der Waals surface area contributed by atoms with E-state index in [2.05, 4.69) is 5.32 Å². The predicted octanol–water partition coefficient (Wildman–Crippen LogP) is 3.18. The van der Waals surface area contributed by atoms with Crippen molar-refractivity contribution in [1.29, 1.82) is 0 Å². The molecule has 0 saturated heterocycles. The number of hydrogen-bond donors (Lipinski definition) is 1. The highest BCUT2D eigenvalue weighted by Gasteiger charge is 2.12. The van der Waals surface area contributed by atoms with E-state index in [0.29, 0.717) is 11.3 Å². The Bertz CT molecular complexity index is 1120. The van der Waals surface area contributed by atoms with Gasteiger partial charge in [0.05, 0.1) is 11.3 Å². The molecule has 6 nitrogen and oxygen atoms in total.